The van der Waals surface area contributed by atoms with Gasteiger partial charge in [-0.05, 0) is 55.8 Å². The molecule has 0 saturated carbocycles. The van der Waals surface area contributed by atoms with Gasteiger partial charge in [0.2, 0.25) is 0 Å². The smallest absolute Gasteiger partial charge is 0.177 e. The summed E-state index contributed by atoms with van der Waals surface area (Å²) in [6.45, 7) is 3.44. The highest BCUT2D eigenvalue weighted by atomic mass is 19.1. The zero-order valence-corrected chi connectivity index (χ0v) is 25.3. The van der Waals surface area contributed by atoms with E-state index in [1.807, 2.05) is 97.9 Å². The minimum Gasteiger partial charge on any atom is -0.324 e. The summed E-state index contributed by atoms with van der Waals surface area (Å²) in [7, 11) is 0. The molecule has 0 radical (unpaired) electrons. The lowest BCUT2D eigenvalue weighted by Crippen LogP contribution is -2.42. The van der Waals surface area contributed by atoms with Crippen molar-refractivity contribution in [2.45, 2.75) is 31.6 Å². The molecule has 0 spiro atoms. The third-order valence-corrected chi connectivity index (χ3v) is 7.99. The minimum absolute atomic E-state index is 0.219. The maximum absolute atomic E-state index is 14.7. The summed E-state index contributed by atoms with van der Waals surface area (Å²) < 4.78 is 28.5. The van der Waals surface area contributed by atoms with E-state index in [9.17, 15) is 8.78 Å². The number of aliphatic imine (C=N–C) groups is 2. The second kappa shape index (κ2) is 11.7. The summed E-state index contributed by atoms with van der Waals surface area (Å²) in [5.41, 5.74) is 2.30. The summed E-state index contributed by atoms with van der Waals surface area (Å²) in [6.07, 6.45) is 5.36. The zero-order chi connectivity index (χ0) is 31.7. The number of halogens is 2. The fourth-order valence-corrected chi connectivity index (χ4v) is 5.44. The van der Waals surface area contributed by atoms with E-state index in [1.54, 1.807) is 31.2 Å². The van der Waals surface area contributed by atoms with E-state index in [1.165, 1.54) is 12.1 Å². The van der Waals surface area contributed by atoms with E-state index in [0.29, 0.717) is 34.7 Å². The van der Waals surface area contributed by atoms with Gasteiger partial charge in [0.25, 0.3) is 0 Å². The van der Waals surface area contributed by atoms with Gasteiger partial charge >= 0.3 is 0 Å². The van der Waals surface area contributed by atoms with Crippen molar-refractivity contribution in [1.82, 2.24) is 20.3 Å². The number of alkyl halides is 1. The van der Waals surface area contributed by atoms with Crippen LogP contribution in [-0.2, 0) is 0 Å². The molecule has 0 fully saturated rings. The Balaban J connectivity index is 1.33. The number of aromatic nitrogens is 3. The van der Waals surface area contributed by atoms with Crippen LogP contribution in [0.4, 0.5) is 8.78 Å². The van der Waals surface area contributed by atoms with E-state index in [-0.39, 0.29) is 12.2 Å². The Morgan fingerprint density at radius 3 is 1.70 bits per heavy atom. The van der Waals surface area contributed by atoms with Crippen molar-refractivity contribution in [2.75, 3.05) is 0 Å². The number of hydrogen-bond acceptors (Lipinski definition) is 6. The molecule has 1 aliphatic carbocycles. The number of hydrogen-bond donors (Lipinski definition) is 1. The standard InChI is InChI=1S/C38H30F2N6/c1-37(40)22-20-30(21-23-37)38(2)45-35(27-16-18-31(39)19-17-27)44-36(46-38)29-15-9-14-28(24-29)34-42-32(25-10-5-3-6-11-25)41-33(43-34)26-12-7-4-8-13-26/h3-22,24H,23H2,1-2H3,(H,44,45,46). The lowest BCUT2D eigenvalue weighted by Gasteiger charge is -2.32. The molecule has 8 heteroatoms. The van der Waals surface area contributed by atoms with E-state index >= 15 is 0 Å². The molecule has 2 atom stereocenters. The largest absolute Gasteiger partial charge is 0.324 e. The van der Waals surface area contributed by atoms with Crippen molar-refractivity contribution in [3.63, 3.8) is 0 Å². The maximum atomic E-state index is 14.7. The van der Waals surface area contributed by atoms with E-state index < -0.39 is 11.3 Å². The second-order valence-corrected chi connectivity index (χ2v) is 11.7. The molecule has 0 bridgehead atoms. The second-order valence-electron chi connectivity index (χ2n) is 11.7. The van der Waals surface area contributed by atoms with Crippen LogP contribution in [0.1, 0.15) is 31.4 Å². The third kappa shape index (κ3) is 6.02. The first kappa shape index (κ1) is 29.1. The summed E-state index contributed by atoms with van der Waals surface area (Å²) in [6, 6.07) is 33.6. The van der Waals surface area contributed by atoms with Crippen LogP contribution >= 0.6 is 0 Å². The lowest BCUT2D eigenvalue weighted by molar-refractivity contribution is 0.257. The predicted octanol–water partition coefficient (Wildman–Crippen LogP) is 8.14. The molecule has 46 heavy (non-hydrogen) atoms. The molecule has 7 rings (SSSR count). The zero-order valence-electron chi connectivity index (χ0n) is 25.3. The number of amidine groups is 2. The average molecular weight is 609 g/mol. The maximum Gasteiger partial charge on any atom is 0.177 e. The molecule has 0 saturated heterocycles. The van der Waals surface area contributed by atoms with E-state index in [0.717, 1.165) is 27.8 Å². The van der Waals surface area contributed by atoms with Crippen LogP contribution in [-0.4, -0.2) is 38.0 Å². The number of rotatable bonds is 6. The van der Waals surface area contributed by atoms with Crippen LogP contribution in [0.25, 0.3) is 34.2 Å². The van der Waals surface area contributed by atoms with Crippen molar-refractivity contribution in [3.05, 3.63) is 150 Å². The fourth-order valence-electron chi connectivity index (χ4n) is 5.44. The Labute approximate surface area is 266 Å². The molecule has 226 valence electrons. The number of nitrogens with one attached hydrogen (secondary N) is 1. The molecule has 2 unspecified atom stereocenters. The topological polar surface area (TPSA) is 75.4 Å². The average Bonchev–Trinajstić information content (AvgIpc) is 3.09. The summed E-state index contributed by atoms with van der Waals surface area (Å²) in [5.74, 6) is 2.39. The third-order valence-electron chi connectivity index (χ3n) is 7.99. The van der Waals surface area contributed by atoms with Gasteiger partial charge in [-0.3, -0.25) is 0 Å². The fraction of sp³-hybridized carbons (Fsp3) is 0.132. The van der Waals surface area contributed by atoms with Crippen LogP contribution in [0.3, 0.4) is 0 Å². The van der Waals surface area contributed by atoms with Crippen LogP contribution in [0.15, 0.2) is 143 Å². The van der Waals surface area contributed by atoms with E-state index in [2.05, 4.69) is 5.32 Å². The van der Waals surface area contributed by atoms with Gasteiger partial charge in [0, 0.05) is 34.2 Å². The van der Waals surface area contributed by atoms with Crippen LogP contribution in [0, 0.1) is 5.82 Å². The predicted molar refractivity (Wildman–Crippen MR) is 179 cm³/mol. The molecule has 4 aromatic carbocycles. The summed E-state index contributed by atoms with van der Waals surface area (Å²) >= 11 is 0. The van der Waals surface area contributed by atoms with Crippen molar-refractivity contribution >= 4 is 11.7 Å². The SMILES string of the molecule is CC1(F)C=CC(C2(C)N=C(c3ccc(F)cc3)NC(c3cccc(-c4nc(-c5ccccc5)nc(-c5ccccc5)n4)c3)=N2)=CC1. The first-order valence-electron chi connectivity index (χ1n) is 15.0. The molecule has 1 aromatic heterocycles. The van der Waals surface area contributed by atoms with Gasteiger partial charge in [-0.1, -0.05) is 91.0 Å². The number of benzene rings is 4. The van der Waals surface area contributed by atoms with Crippen molar-refractivity contribution in [1.29, 1.82) is 0 Å². The highest BCUT2D eigenvalue weighted by Gasteiger charge is 2.35. The van der Waals surface area contributed by atoms with Crippen molar-refractivity contribution in [2.24, 2.45) is 9.98 Å². The normalized spacial score (nSPS) is 20.7. The Hall–Kier alpha value is -5.63. The van der Waals surface area contributed by atoms with Crippen LogP contribution < -0.4 is 5.32 Å². The first-order valence-corrected chi connectivity index (χ1v) is 15.0. The molecule has 1 N–H and O–H groups in total. The molecule has 5 aromatic rings. The number of allylic oxidation sites excluding steroid dienone is 2. The summed E-state index contributed by atoms with van der Waals surface area (Å²) in [4.78, 5) is 24.6. The van der Waals surface area contributed by atoms with Gasteiger partial charge in [-0.25, -0.2) is 33.7 Å². The van der Waals surface area contributed by atoms with E-state index in [4.69, 9.17) is 24.9 Å². The summed E-state index contributed by atoms with van der Waals surface area (Å²) in [5, 5.41) is 3.37. The highest BCUT2D eigenvalue weighted by molar-refractivity contribution is 6.16. The minimum atomic E-state index is -1.43. The lowest BCUT2D eigenvalue weighted by atomic mass is 9.89. The molecule has 6 nitrogen and oxygen atoms in total. The Morgan fingerprint density at radius 1 is 0.609 bits per heavy atom. The van der Waals surface area contributed by atoms with Gasteiger partial charge < -0.3 is 5.32 Å². The Kier molecular flexibility index (Phi) is 7.41. The molecular formula is C38H30F2N6. The molecule has 2 aliphatic rings. The van der Waals surface area contributed by atoms with Crippen molar-refractivity contribution in [3.8, 4) is 34.2 Å². The highest BCUT2D eigenvalue weighted by Crippen LogP contribution is 2.35. The van der Waals surface area contributed by atoms with Crippen LogP contribution in [0.2, 0.25) is 0 Å². The van der Waals surface area contributed by atoms with Gasteiger partial charge in [0.05, 0.1) is 0 Å². The molecule has 2 heterocycles. The first-order chi connectivity index (χ1) is 22.2. The number of nitrogens with zero attached hydrogens (tertiary/aromatic N) is 5. The molecular weight excluding hydrogens is 578 g/mol. The Bertz CT molecular complexity index is 1980. The molecule has 0 amide bonds. The van der Waals surface area contributed by atoms with Crippen molar-refractivity contribution < 1.29 is 8.78 Å². The van der Waals surface area contributed by atoms with Gasteiger partial charge in [0.1, 0.15) is 23.2 Å². The van der Waals surface area contributed by atoms with Gasteiger partial charge in [0.15, 0.2) is 23.1 Å². The van der Waals surface area contributed by atoms with Gasteiger partial charge in [-0.15, -0.1) is 0 Å². The Morgan fingerprint density at radius 2 is 1.13 bits per heavy atom. The monoisotopic (exact) mass is 608 g/mol. The quantitative estimate of drug-likeness (QED) is 0.211. The van der Waals surface area contributed by atoms with Gasteiger partial charge in [-0.2, -0.15) is 0 Å². The van der Waals surface area contributed by atoms with Crippen LogP contribution in [0.5, 0.6) is 0 Å². The molecule has 1 aliphatic heterocycles.